The zero-order valence-corrected chi connectivity index (χ0v) is 16.4. The molecule has 0 radical (unpaired) electrons. The van der Waals surface area contributed by atoms with Gasteiger partial charge in [-0.05, 0) is 61.1 Å². The Morgan fingerprint density at radius 1 is 0.966 bits per heavy atom. The van der Waals surface area contributed by atoms with Crippen molar-refractivity contribution in [2.75, 3.05) is 5.32 Å². The predicted octanol–water partition coefficient (Wildman–Crippen LogP) is 4.16. The van der Waals surface area contributed by atoms with E-state index in [1.54, 1.807) is 6.07 Å². The number of aromatic amines is 1. The lowest BCUT2D eigenvalue weighted by Gasteiger charge is -2.24. The number of carbonyl (C=O) groups excluding carboxylic acids is 2. The largest absolute Gasteiger partial charge is 0.325 e. The highest BCUT2D eigenvalue weighted by Gasteiger charge is 2.28. The van der Waals surface area contributed by atoms with E-state index in [2.05, 4.69) is 10.3 Å². The average Bonchev–Trinajstić information content (AvgIpc) is 2.70. The molecule has 0 fully saturated rings. The van der Waals surface area contributed by atoms with Crippen LogP contribution in [0.15, 0.2) is 59.4 Å². The summed E-state index contributed by atoms with van der Waals surface area (Å²) in [5.41, 5.74) is 4.36. The third-order valence-electron chi connectivity index (χ3n) is 5.59. The highest BCUT2D eigenvalue weighted by Crippen LogP contribution is 2.31. The Labute approximate surface area is 168 Å². The normalized spacial score (nSPS) is 15.7. The first-order chi connectivity index (χ1) is 13.9. The molecule has 0 spiro atoms. The fourth-order valence-electron chi connectivity index (χ4n) is 3.78. The van der Waals surface area contributed by atoms with Gasteiger partial charge in [0, 0.05) is 23.4 Å². The van der Waals surface area contributed by atoms with Gasteiger partial charge in [-0.3, -0.25) is 14.4 Å². The molecule has 146 valence electrons. The summed E-state index contributed by atoms with van der Waals surface area (Å²) in [6.45, 7) is 3.95. The molecule has 1 atom stereocenters. The summed E-state index contributed by atoms with van der Waals surface area (Å²) < 4.78 is 0. The number of nitrogens with one attached hydrogen (secondary N) is 2. The van der Waals surface area contributed by atoms with Crippen LogP contribution in [0.2, 0.25) is 0 Å². The number of H-pyrrole nitrogens is 1. The van der Waals surface area contributed by atoms with Gasteiger partial charge in [0.15, 0.2) is 5.78 Å². The van der Waals surface area contributed by atoms with Crippen LogP contribution in [-0.2, 0) is 6.42 Å². The van der Waals surface area contributed by atoms with Crippen LogP contribution in [0.5, 0.6) is 0 Å². The number of ketones is 1. The molecule has 2 N–H and O–H groups in total. The Balaban J connectivity index is 1.62. The molecule has 3 aromatic rings. The van der Waals surface area contributed by atoms with E-state index in [1.165, 1.54) is 6.07 Å². The first-order valence-corrected chi connectivity index (χ1v) is 9.65. The van der Waals surface area contributed by atoms with Gasteiger partial charge in [0.1, 0.15) is 5.56 Å². The lowest BCUT2D eigenvalue weighted by Crippen LogP contribution is -2.29. The van der Waals surface area contributed by atoms with Crippen molar-refractivity contribution in [1.82, 2.24) is 4.98 Å². The van der Waals surface area contributed by atoms with E-state index >= 15 is 0 Å². The fraction of sp³-hybridized carbons (Fsp3) is 0.208. The molecule has 0 bridgehead atoms. The van der Waals surface area contributed by atoms with Crippen LogP contribution >= 0.6 is 0 Å². The molecule has 1 aliphatic carbocycles. The maximum absolute atomic E-state index is 12.7. The quantitative estimate of drug-likeness (QED) is 0.709. The molecule has 5 nitrogen and oxygen atoms in total. The van der Waals surface area contributed by atoms with Crippen LogP contribution in [0.25, 0.3) is 0 Å². The van der Waals surface area contributed by atoms with Gasteiger partial charge in [-0.25, -0.2) is 0 Å². The maximum atomic E-state index is 12.7. The summed E-state index contributed by atoms with van der Waals surface area (Å²) in [4.78, 5) is 40.8. The van der Waals surface area contributed by atoms with Crippen molar-refractivity contribution >= 4 is 17.4 Å². The minimum Gasteiger partial charge on any atom is -0.325 e. The number of Topliss-reactive ketones (excluding diaryl/α,β-unsaturated/α-hetero) is 1. The van der Waals surface area contributed by atoms with Crippen LogP contribution in [-0.4, -0.2) is 16.7 Å². The minimum absolute atomic E-state index is 0.0297. The van der Waals surface area contributed by atoms with Gasteiger partial charge in [0.2, 0.25) is 0 Å². The molecule has 5 heteroatoms. The number of rotatable bonds is 3. The van der Waals surface area contributed by atoms with Crippen LogP contribution in [0.3, 0.4) is 0 Å². The smallest absolute Gasteiger partial charge is 0.261 e. The Hall–Kier alpha value is -3.47. The molecule has 1 aliphatic rings. The number of aryl methyl sites for hydroxylation is 2. The third-order valence-corrected chi connectivity index (χ3v) is 5.59. The number of aromatic nitrogens is 1. The number of hydrogen-bond donors (Lipinski definition) is 2. The second-order valence-electron chi connectivity index (χ2n) is 7.60. The van der Waals surface area contributed by atoms with Crippen LogP contribution in [0, 0.1) is 13.8 Å². The molecule has 1 amide bonds. The monoisotopic (exact) mass is 386 g/mol. The average molecular weight is 386 g/mol. The molecular weight excluding hydrogens is 364 g/mol. The number of fused-ring (bicyclic) bond motifs is 1. The molecule has 0 saturated heterocycles. The molecule has 1 heterocycles. The summed E-state index contributed by atoms with van der Waals surface area (Å²) in [5, 5.41) is 2.75. The Bertz CT molecular complexity index is 1160. The van der Waals surface area contributed by atoms with Crippen molar-refractivity contribution < 1.29 is 9.59 Å². The summed E-state index contributed by atoms with van der Waals surface area (Å²) in [6, 6.07) is 16.8. The molecule has 1 aromatic heterocycles. The molecule has 0 saturated carbocycles. The van der Waals surface area contributed by atoms with E-state index in [4.69, 9.17) is 0 Å². The van der Waals surface area contributed by atoms with Crippen molar-refractivity contribution in [1.29, 1.82) is 0 Å². The van der Waals surface area contributed by atoms with E-state index in [0.29, 0.717) is 29.8 Å². The molecule has 0 aliphatic heterocycles. The minimum atomic E-state index is -0.518. The second kappa shape index (κ2) is 7.51. The van der Waals surface area contributed by atoms with E-state index in [1.807, 2.05) is 56.3 Å². The van der Waals surface area contributed by atoms with Gasteiger partial charge < -0.3 is 10.3 Å². The number of benzene rings is 2. The topological polar surface area (TPSA) is 79.0 Å². The molecular formula is C24H22N2O3. The van der Waals surface area contributed by atoms with Gasteiger partial charge in [-0.1, -0.05) is 36.4 Å². The highest BCUT2D eigenvalue weighted by atomic mass is 16.2. The van der Waals surface area contributed by atoms with Gasteiger partial charge in [-0.15, -0.1) is 0 Å². The highest BCUT2D eigenvalue weighted by molar-refractivity contribution is 6.06. The number of hydrogen-bond acceptors (Lipinski definition) is 3. The molecule has 1 unspecified atom stereocenters. The van der Waals surface area contributed by atoms with E-state index in [-0.39, 0.29) is 17.3 Å². The SMILES string of the molecule is Cc1ccc(NC(=O)c2cc3c([nH]c2=O)CC(c2ccccc2)CC3=O)cc1C. The van der Waals surface area contributed by atoms with Gasteiger partial charge >= 0.3 is 0 Å². The maximum Gasteiger partial charge on any atom is 0.261 e. The zero-order chi connectivity index (χ0) is 20.5. The summed E-state index contributed by atoms with van der Waals surface area (Å²) in [6.07, 6.45) is 0.931. The second-order valence-corrected chi connectivity index (χ2v) is 7.60. The lowest BCUT2D eigenvalue weighted by molar-refractivity contribution is 0.0963. The Kier molecular flexibility index (Phi) is 4.89. The van der Waals surface area contributed by atoms with Crippen LogP contribution in [0.4, 0.5) is 5.69 Å². The summed E-state index contributed by atoms with van der Waals surface area (Å²) in [7, 11) is 0. The fourth-order valence-corrected chi connectivity index (χ4v) is 3.78. The van der Waals surface area contributed by atoms with Gasteiger partial charge in [0.05, 0.1) is 0 Å². The number of pyridine rings is 1. The van der Waals surface area contributed by atoms with Crippen molar-refractivity contribution in [3.63, 3.8) is 0 Å². The van der Waals surface area contributed by atoms with Crippen LogP contribution in [0.1, 0.15) is 55.4 Å². The molecule has 4 rings (SSSR count). The first-order valence-electron chi connectivity index (χ1n) is 9.65. The zero-order valence-electron chi connectivity index (χ0n) is 16.4. The first kappa shape index (κ1) is 18.9. The van der Waals surface area contributed by atoms with E-state index in [0.717, 1.165) is 16.7 Å². The Morgan fingerprint density at radius 2 is 1.72 bits per heavy atom. The van der Waals surface area contributed by atoms with Crippen molar-refractivity contribution in [2.24, 2.45) is 0 Å². The van der Waals surface area contributed by atoms with Gasteiger partial charge in [-0.2, -0.15) is 0 Å². The summed E-state index contributed by atoms with van der Waals surface area (Å²) in [5.74, 6) is -0.547. The van der Waals surface area contributed by atoms with Crippen LogP contribution < -0.4 is 10.9 Å². The summed E-state index contributed by atoms with van der Waals surface area (Å²) >= 11 is 0. The lowest BCUT2D eigenvalue weighted by atomic mass is 9.81. The van der Waals surface area contributed by atoms with Gasteiger partial charge in [0.25, 0.3) is 11.5 Å². The standard InChI is InChI=1S/C24H22N2O3/c1-14-8-9-18(10-15(14)2)25-23(28)20-13-19-21(26-24(20)29)11-17(12-22(19)27)16-6-4-3-5-7-16/h3-10,13,17H,11-12H2,1-2H3,(H,25,28)(H,26,29). The van der Waals surface area contributed by atoms with E-state index in [9.17, 15) is 14.4 Å². The van der Waals surface area contributed by atoms with Crippen molar-refractivity contribution in [3.05, 3.63) is 98.5 Å². The molecule has 2 aromatic carbocycles. The third kappa shape index (κ3) is 3.76. The van der Waals surface area contributed by atoms with Crippen molar-refractivity contribution in [2.45, 2.75) is 32.6 Å². The molecule has 29 heavy (non-hydrogen) atoms. The Morgan fingerprint density at radius 3 is 2.45 bits per heavy atom. The van der Waals surface area contributed by atoms with E-state index < -0.39 is 11.5 Å². The number of carbonyl (C=O) groups is 2. The number of anilines is 1. The van der Waals surface area contributed by atoms with Crippen molar-refractivity contribution in [3.8, 4) is 0 Å². The predicted molar refractivity (Wildman–Crippen MR) is 113 cm³/mol. The number of amides is 1.